The second-order valence-electron chi connectivity index (χ2n) is 5.34. The number of aromatic amines is 1. The fourth-order valence-electron chi connectivity index (χ4n) is 2.21. The van der Waals surface area contributed by atoms with Gasteiger partial charge in [-0.1, -0.05) is 11.8 Å². The molecule has 0 spiro atoms. The molecule has 0 aliphatic heterocycles. The minimum Gasteiger partial charge on any atom is -0.496 e. The molecule has 0 amide bonds. The molecule has 2 aromatic heterocycles. The van der Waals surface area contributed by atoms with Gasteiger partial charge in [0, 0.05) is 0 Å². The Morgan fingerprint density at radius 3 is 2.92 bits per heavy atom. The summed E-state index contributed by atoms with van der Waals surface area (Å²) in [4.78, 5) is 16.6. The van der Waals surface area contributed by atoms with Crippen molar-refractivity contribution >= 4 is 29.7 Å². The van der Waals surface area contributed by atoms with Crippen molar-refractivity contribution in [3.05, 3.63) is 59.1 Å². The van der Waals surface area contributed by atoms with Gasteiger partial charge in [0.05, 0.1) is 18.4 Å². The van der Waals surface area contributed by atoms with Crippen LogP contribution in [0.4, 0.5) is 4.39 Å². The van der Waals surface area contributed by atoms with Crippen molar-refractivity contribution in [2.24, 2.45) is 0 Å². The smallest absolute Gasteiger partial charge is 0.209 e. The Kier molecular flexibility index (Phi) is 5.52. The van der Waals surface area contributed by atoms with Crippen LogP contribution in [0.15, 0.2) is 39.9 Å². The van der Waals surface area contributed by atoms with E-state index in [1.165, 1.54) is 25.3 Å². The first-order valence-corrected chi connectivity index (χ1v) is 8.70. The van der Waals surface area contributed by atoms with Crippen LogP contribution < -0.4 is 4.74 Å². The number of benzene rings is 1. The third kappa shape index (κ3) is 4.40. The molecular weight excluding hydrogens is 357 g/mol. The normalized spacial score (nSPS) is 11.2. The van der Waals surface area contributed by atoms with Gasteiger partial charge in [-0.05, 0) is 49.4 Å². The molecule has 0 aliphatic rings. The van der Waals surface area contributed by atoms with Gasteiger partial charge in [-0.15, -0.1) is 5.10 Å². The minimum atomic E-state index is -0.488. The third-order valence-electron chi connectivity index (χ3n) is 3.44. The van der Waals surface area contributed by atoms with Crippen molar-refractivity contribution in [1.29, 1.82) is 0 Å². The van der Waals surface area contributed by atoms with E-state index in [1.807, 2.05) is 19.1 Å². The molecule has 0 atom stereocenters. The molecule has 0 saturated heterocycles. The highest BCUT2D eigenvalue weighted by molar-refractivity contribution is 7.99. The number of ketones is 1. The van der Waals surface area contributed by atoms with E-state index in [0.29, 0.717) is 22.5 Å². The molecule has 1 N–H and O–H groups in total. The number of Topliss-reactive ketones (excluding diaryl/α,β-unsaturated/α-hetero) is 1. The van der Waals surface area contributed by atoms with Crippen LogP contribution in [0.1, 0.15) is 27.7 Å². The number of halogens is 1. The Morgan fingerprint density at radius 2 is 2.19 bits per heavy atom. The van der Waals surface area contributed by atoms with E-state index >= 15 is 0 Å². The number of rotatable bonds is 7. The Morgan fingerprint density at radius 1 is 1.35 bits per heavy atom. The molecule has 1 aromatic carbocycles. The Balaban J connectivity index is 1.62. The number of aryl methyl sites for hydroxylation is 1. The third-order valence-corrected chi connectivity index (χ3v) is 4.29. The quantitative estimate of drug-likeness (QED) is 0.498. The molecule has 0 aliphatic carbocycles. The summed E-state index contributed by atoms with van der Waals surface area (Å²) in [5.74, 6) is 1.72. The fraction of sp³-hybridized carbons (Fsp3) is 0.167. The number of ether oxygens (including phenoxy) is 1. The second-order valence-corrected chi connectivity index (χ2v) is 6.28. The highest BCUT2D eigenvalue weighted by Crippen LogP contribution is 2.23. The molecule has 0 saturated carbocycles. The molecule has 2 heterocycles. The van der Waals surface area contributed by atoms with Crippen LogP contribution in [0.5, 0.6) is 5.75 Å². The van der Waals surface area contributed by atoms with Crippen LogP contribution in [0, 0.1) is 12.7 Å². The highest BCUT2D eigenvalue weighted by atomic mass is 32.2. The summed E-state index contributed by atoms with van der Waals surface area (Å²) in [5, 5.41) is 7.24. The molecule has 3 aromatic rings. The number of hydrogen-bond donors (Lipinski definition) is 1. The van der Waals surface area contributed by atoms with Crippen LogP contribution >= 0.6 is 11.8 Å². The molecule has 0 unspecified atom stereocenters. The largest absolute Gasteiger partial charge is 0.496 e. The first kappa shape index (κ1) is 17.9. The number of hydrogen-bond acceptors (Lipinski definition) is 6. The number of carbonyl (C=O) groups is 1. The summed E-state index contributed by atoms with van der Waals surface area (Å²) >= 11 is 1.16. The lowest BCUT2D eigenvalue weighted by atomic mass is 10.1. The molecule has 8 heteroatoms. The van der Waals surface area contributed by atoms with E-state index in [1.54, 1.807) is 12.2 Å². The molecule has 6 nitrogen and oxygen atoms in total. The van der Waals surface area contributed by atoms with E-state index in [9.17, 15) is 9.18 Å². The molecule has 3 rings (SSSR count). The fourth-order valence-corrected chi connectivity index (χ4v) is 2.90. The van der Waals surface area contributed by atoms with E-state index in [0.717, 1.165) is 17.5 Å². The van der Waals surface area contributed by atoms with Gasteiger partial charge in [-0.3, -0.25) is 9.89 Å². The van der Waals surface area contributed by atoms with Gasteiger partial charge in [0.25, 0.3) is 0 Å². The summed E-state index contributed by atoms with van der Waals surface area (Å²) in [7, 11) is 1.44. The summed E-state index contributed by atoms with van der Waals surface area (Å²) in [5.41, 5.74) is 0.198. The topological polar surface area (TPSA) is 81.0 Å². The molecule has 0 radical (unpaired) electrons. The number of methoxy groups -OCH3 is 1. The van der Waals surface area contributed by atoms with Crippen molar-refractivity contribution < 1.29 is 18.3 Å². The lowest BCUT2D eigenvalue weighted by molar-refractivity contribution is 0.101. The van der Waals surface area contributed by atoms with Gasteiger partial charge in [-0.2, -0.15) is 0 Å². The van der Waals surface area contributed by atoms with Gasteiger partial charge in [0.15, 0.2) is 5.78 Å². The van der Waals surface area contributed by atoms with Gasteiger partial charge in [0.2, 0.25) is 5.16 Å². The number of furan rings is 1. The lowest BCUT2D eigenvalue weighted by Gasteiger charge is -2.06. The standard InChI is InChI=1S/C18H16FN3O3S/c1-11-3-5-13(25-11)6-8-17-20-18(22-21-17)26-10-15(23)14-9-12(19)4-7-16(14)24-2/h3-9H,10H2,1-2H3,(H,20,21,22)/b8-6+. The lowest BCUT2D eigenvalue weighted by Crippen LogP contribution is -2.05. The SMILES string of the molecule is COc1ccc(F)cc1C(=O)CSc1n[nH]c(/C=C/c2ccc(C)o2)n1. The maximum absolute atomic E-state index is 13.4. The summed E-state index contributed by atoms with van der Waals surface area (Å²) in [6.45, 7) is 1.87. The summed E-state index contributed by atoms with van der Waals surface area (Å²) in [6.07, 6.45) is 3.50. The molecule has 26 heavy (non-hydrogen) atoms. The number of thioether (sulfide) groups is 1. The minimum absolute atomic E-state index is 0.0677. The average Bonchev–Trinajstić information content (AvgIpc) is 3.26. The van der Waals surface area contributed by atoms with Crippen LogP contribution in [-0.4, -0.2) is 33.8 Å². The Bertz CT molecular complexity index is 949. The van der Waals surface area contributed by atoms with Gasteiger partial charge in [0.1, 0.15) is 28.9 Å². The number of nitrogens with zero attached hydrogens (tertiary/aromatic N) is 2. The van der Waals surface area contributed by atoms with E-state index in [2.05, 4.69) is 15.2 Å². The van der Waals surface area contributed by atoms with Gasteiger partial charge in [-0.25, -0.2) is 9.37 Å². The highest BCUT2D eigenvalue weighted by Gasteiger charge is 2.15. The van der Waals surface area contributed by atoms with Crippen LogP contribution in [0.25, 0.3) is 12.2 Å². The molecule has 0 fully saturated rings. The Labute approximate surface area is 153 Å². The second kappa shape index (κ2) is 8.01. The zero-order valence-electron chi connectivity index (χ0n) is 14.2. The zero-order valence-corrected chi connectivity index (χ0v) is 15.0. The molecular formula is C18H16FN3O3S. The number of nitrogens with one attached hydrogen (secondary N) is 1. The Hall–Kier alpha value is -2.87. The van der Waals surface area contributed by atoms with Gasteiger partial charge < -0.3 is 9.15 Å². The zero-order chi connectivity index (χ0) is 18.5. The number of carbonyl (C=O) groups excluding carboxylic acids is 1. The summed E-state index contributed by atoms with van der Waals surface area (Å²) < 4.78 is 23.9. The van der Waals surface area contributed by atoms with E-state index < -0.39 is 5.82 Å². The predicted molar refractivity (Wildman–Crippen MR) is 96.8 cm³/mol. The summed E-state index contributed by atoms with van der Waals surface area (Å²) in [6, 6.07) is 7.56. The number of H-pyrrole nitrogens is 1. The van der Waals surface area contributed by atoms with Crippen LogP contribution in [0.2, 0.25) is 0 Å². The first-order valence-electron chi connectivity index (χ1n) is 7.71. The van der Waals surface area contributed by atoms with Crippen molar-refractivity contribution in [2.45, 2.75) is 12.1 Å². The van der Waals surface area contributed by atoms with Crippen LogP contribution in [-0.2, 0) is 0 Å². The maximum Gasteiger partial charge on any atom is 0.209 e. The van der Waals surface area contributed by atoms with Crippen molar-refractivity contribution in [3.8, 4) is 5.75 Å². The van der Waals surface area contributed by atoms with E-state index in [4.69, 9.17) is 9.15 Å². The van der Waals surface area contributed by atoms with Crippen molar-refractivity contribution in [1.82, 2.24) is 15.2 Å². The monoisotopic (exact) mass is 373 g/mol. The predicted octanol–water partition coefficient (Wildman–Crippen LogP) is 4.00. The maximum atomic E-state index is 13.4. The van der Waals surface area contributed by atoms with Gasteiger partial charge >= 0.3 is 0 Å². The van der Waals surface area contributed by atoms with Crippen molar-refractivity contribution in [3.63, 3.8) is 0 Å². The molecule has 134 valence electrons. The van der Waals surface area contributed by atoms with Crippen LogP contribution in [0.3, 0.4) is 0 Å². The van der Waals surface area contributed by atoms with E-state index in [-0.39, 0.29) is 17.1 Å². The first-order chi connectivity index (χ1) is 12.5. The average molecular weight is 373 g/mol. The number of aromatic nitrogens is 3. The van der Waals surface area contributed by atoms with Crippen molar-refractivity contribution in [2.75, 3.05) is 12.9 Å². The molecule has 0 bridgehead atoms.